The summed E-state index contributed by atoms with van der Waals surface area (Å²) in [6.45, 7) is 4.96. The van der Waals surface area contributed by atoms with Gasteiger partial charge in [-0.3, -0.25) is 9.69 Å². The molecule has 0 unspecified atom stereocenters. The molecule has 1 aliphatic heterocycles. The van der Waals surface area contributed by atoms with Crippen LogP contribution in [0.3, 0.4) is 0 Å². The molecule has 1 aliphatic rings. The molecule has 0 radical (unpaired) electrons. The van der Waals surface area contributed by atoms with Crippen LogP contribution in [0, 0.1) is 0 Å². The zero-order chi connectivity index (χ0) is 22.7. The molecule has 2 aromatic carbocycles. The van der Waals surface area contributed by atoms with E-state index in [0.717, 1.165) is 29.5 Å². The number of aromatic nitrogens is 3. The summed E-state index contributed by atoms with van der Waals surface area (Å²) in [5.41, 5.74) is 3.47. The van der Waals surface area contributed by atoms with Crippen LogP contribution in [0.15, 0.2) is 59.8 Å². The smallest absolute Gasteiger partial charge is 0.237 e. The van der Waals surface area contributed by atoms with Crippen LogP contribution < -0.4 is 4.90 Å². The summed E-state index contributed by atoms with van der Waals surface area (Å²) in [4.78, 5) is 17.3. The maximum absolute atomic E-state index is 13.2. The SMILES string of the molecule is CC[C@@H](c1nnc(SCC(=O)N2c3ccccc3C[C@H]2C)n1Cc1ccccc1)N(C)C. The van der Waals surface area contributed by atoms with Gasteiger partial charge in [-0.25, -0.2) is 0 Å². The van der Waals surface area contributed by atoms with Gasteiger partial charge in [0.05, 0.1) is 18.3 Å². The third kappa shape index (κ3) is 4.59. The average Bonchev–Trinajstić information content (AvgIpc) is 3.33. The molecule has 32 heavy (non-hydrogen) atoms. The topological polar surface area (TPSA) is 54.3 Å². The van der Waals surface area contributed by atoms with E-state index in [2.05, 4.69) is 65.8 Å². The molecule has 0 saturated carbocycles. The Labute approximate surface area is 194 Å². The maximum atomic E-state index is 13.2. The number of amides is 1. The minimum atomic E-state index is 0.114. The Morgan fingerprint density at radius 3 is 2.56 bits per heavy atom. The van der Waals surface area contributed by atoms with E-state index in [1.165, 1.54) is 22.9 Å². The van der Waals surface area contributed by atoms with E-state index in [1.807, 2.05) is 41.3 Å². The van der Waals surface area contributed by atoms with E-state index in [1.54, 1.807) is 0 Å². The number of rotatable bonds is 8. The monoisotopic (exact) mass is 449 g/mol. The first kappa shape index (κ1) is 22.6. The van der Waals surface area contributed by atoms with E-state index >= 15 is 0 Å². The molecule has 0 aliphatic carbocycles. The van der Waals surface area contributed by atoms with E-state index in [9.17, 15) is 4.79 Å². The van der Waals surface area contributed by atoms with Crippen molar-refractivity contribution in [2.45, 2.75) is 50.5 Å². The van der Waals surface area contributed by atoms with Gasteiger partial charge in [-0.2, -0.15) is 0 Å². The number of nitrogens with zero attached hydrogens (tertiary/aromatic N) is 5. The van der Waals surface area contributed by atoms with Crippen LogP contribution in [0.2, 0.25) is 0 Å². The highest BCUT2D eigenvalue weighted by molar-refractivity contribution is 7.99. The summed E-state index contributed by atoms with van der Waals surface area (Å²) in [5, 5.41) is 9.85. The Kier molecular flexibility index (Phi) is 6.96. The molecule has 0 spiro atoms. The molecule has 0 bridgehead atoms. The predicted octanol–water partition coefficient (Wildman–Crippen LogP) is 4.41. The van der Waals surface area contributed by atoms with E-state index < -0.39 is 0 Å². The van der Waals surface area contributed by atoms with Crippen molar-refractivity contribution in [3.8, 4) is 0 Å². The fourth-order valence-electron chi connectivity index (χ4n) is 4.49. The van der Waals surface area contributed by atoms with Crippen LogP contribution in [-0.4, -0.2) is 51.5 Å². The van der Waals surface area contributed by atoms with Crippen LogP contribution in [-0.2, 0) is 17.8 Å². The van der Waals surface area contributed by atoms with E-state index in [4.69, 9.17) is 0 Å². The molecule has 2 heterocycles. The zero-order valence-corrected chi connectivity index (χ0v) is 20.0. The minimum Gasteiger partial charge on any atom is -0.308 e. The number of fused-ring (bicyclic) bond motifs is 1. The number of benzene rings is 2. The second-order valence-corrected chi connectivity index (χ2v) is 9.48. The van der Waals surface area contributed by atoms with E-state index in [0.29, 0.717) is 12.3 Å². The highest BCUT2D eigenvalue weighted by Crippen LogP contribution is 2.33. The van der Waals surface area contributed by atoms with Crippen LogP contribution in [0.25, 0.3) is 0 Å². The van der Waals surface area contributed by atoms with Crippen LogP contribution >= 0.6 is 11.8 Å². The first-order chi connectivity index (χ1) is 15.5. The molecule has 4 rings (SSSR count). The van der Waals surface area contributed by atoms with Gasteiger partial charge in [0, 0.05) is 11.7 Å². The van der Waals surface area contributed by atoms with Gasteiger partial charge in [0.15, 0.2) is 11.0 Å². The summed E-state index contributed by atoms with van der Waals surface area (Å²) in [5.74, 6) is 1.39. The summed E-state index contributed by atoms with van der Waals surface area (Å²) in [6.07, 6.45) is 1.84. The third-order valence-corrected chi connectivity index (χ3v) is 6.99. The summed E-state index contributed by atoms with van der Waals surface area (Å²) >= 11 is 1.48. The number of carbonyl (C=O) groups excluding carboxylic acids is 1. The Balaban J connectivity index is 1.57. The molecule has 6 nitrogen and oxygen atoms in total. The lowest BCUT2D eigenvalue weighted by Gasteiger charge is -2.24. The Bertz CT molecular complexity index is 1070. The van der Waals surface area contributed by atoms with Crippen molar-refractivity contribution >= 4 is 23.4 Å². The molecule has 1 amide bonds. The summed E-state index contributed by atoms with van der Waals surface area (Å²) in [6, 6.07) is 18.9. The molecule has 2 atom stereocenters. The second-order valence-electron chi connectivity index (χ2n) is 8.53. The lowest BCUT2D eigenvalue weighted by atomic mass is 10.1. The number of carbonyl (C=O) groups is 1. The van der Waals surface area contributed by atoms with Gasteiger partial charge in [-0.05, 0) is 51.1 Å². The third-order valence-electron chi connectivity index (χ3n) is 6.04. The number of anilines is 1. The van der Waals surface area contributed by atoms with Gasteiger partial charge in [0.1, 0.15) is 0 Å². The van der Waals surface area contributed by atoms with Crippen LogP contribution in [0.4, 0.5) is 5.69 Å². The molecular weight excluding hydrogens is 418 g/mol. The van der Waals surface area contributed by atoms with Crippen molar-refractivity contribution in [1.82, 2.24) is 19.7 Å². The van der Waals surface area contributed by atoms with Gasteiger partial charge in [-0.1, -0.05) is 67.2 Å². The zero-order valence-electron chi connectivity index (χ0n) is 19.2. The normalized spacial score (nSPS) is 16.4. The average molecular weight is 450 g/mol. The molecule has 1 aromatic heterocycles. The van der Waals surface area contributed by atoms with Gasteiger partial charge in [0.25, 0.3) is 0 Å². The van der Waals surface area contributed by atoms with Crippen molar-refractivity contribution < 1.29 is 4.79 Å². The molecule has 168 valence electrons. The largest absolute Gasteiger partial charge is 0.308 e. The number of para-hydroxylation sites is 1. The Morgan fingerprint density at radius 2 is 1.84 bits per heavy atom. The molecule has 0 N–H and O–H groups in total. The first-order valence-corrected chi connectivity index (χ1v) is 12.1. The summed E-state index contributed by atoms with van der Waals surface area (Å²) < 4.78 is 2.17. The number of hydrogen-bond donors (Lipinski definition) is 0. The van der Waals surface area contributed by atoms with Crippen molar-refractivity contribution in [1.29, 1.82) is 0 Å². The van der Waals surface area contributed by atoms with Gasteiger partial charge >= 0.3 is 0 Å². The lowest BCUT2D eigenvalue weighted by Crippen LogP contribution is -2.37. The standard InChI is InChI=1S/C25H31N5OS/c1-5-21(28(3)4)24-26-27-25(29(24)16-19-11-7-6-8-12-19)32-17-23(31)30-18(2)15-20-13-9-10-14-22(20)30/h6-14,18,21H,5,15-17H2,1-4H3/t18-,21+/m1/s1. The summed E-state index contributed by atoms with van der Waals surface area (Å²) in [7, 11) is 4.14. The van der Waals surface area contributed by atoms with Crippen molar-refractivity contribution in [3.63, 3.8) is 0 Å². The quantitative estimate of drug-likeness (QED) is 0.477. The Morgan fingerprint density at radius 1 is 1.12 bits per heavy atom. The molecule has 3 aromatic rings. The molecule has 7 heteroatoms. The highest BCUT2D eigenvalue weighted by atomic mass is 32.2. The fraction of sp³-hybridized carbons (Fsp3) is 0.400. The van der Waals surface area contributed by atoms with Crippen LogP contribution in [0.1, 0.15) is 43.3 Å². The predicted molar refractivity (Wildman–Crippen MR) is 130 cm³/mol. The minimum absolute atomic E-state index is 0.114. The van der Waals surface area contributed by atoms with Crippen molar-refractivity contribution in [2.24, 2.45) is 0 Å². The maximum Gasteiger partial charge on any atom is 0.237 e. The number of thioether (sulfide) groups is 1. The molecule has 0 saturated heterocycles. The van der Waals surface area contributed by atoms with Gasteiger partial charge < -0.3 is 9.47 Å². The number of hydrogen-bond acceptors (Lipinski definition) is 5. The first-order valence-electron chi connectivity index (χ1n) is 11.2. The van der Waals surface area contributed by atoms with E-state index in [-0.39, 0.29) is 18.0 Å². The van der Waals surface area contributed by atoms with Crippen molar-refractivity contribution in [2.75, 3.05) is 24.7 Å². The second kappa shape index (κ2) is 9.88. The van der Waals surface area contributed by atoms with Crippen molar-refractivity contribution in [3.05, 3.63) is 71.5 Å². The van der Waals surface area contributed by atoms with Gasteiger partial charge in [0.2, 0.25) is 5.91 Å². The fourth-order valence-corrected chi connectivity index (χ4v) is 5.29. The lowest BCUT2D eigenvalue weighted by molar-refractivity contribution is -0.116. The van der Waals surface area contributed by atoms with Crippen LogP contribution in [0.5, 0.6) is 0 Å². The molecular formula is C25H31N5OS. The van der Waals surface area contributed by atoms with Gasteiger partial charge in [-0.15, -0.1) is 10.2 Å². The Hall–Kier alpha value is -2.64. The highest BCUT2D eigenvalue weighted by Gasteiger charge is 2.31. The molecule has 0 fully saturated rings.